The fourth-order valence-electron chi connectivity index (χ4n) is 4.61. The predicted molar refractivity (Wildman–Crippen MR) is 150 cm³/mol. The number of rotatable bonds is 9. The molecule has 0 radical (unpaired) electrons. The highest BCUT2D eigenvalue weighted by atomic mass is 35.5. The highest BCUT2D eigenvalue weighted by Gasteiger charge is 2.52. The molecule has 1 heterocycles. The molecule has 200 valence electrons. The summed E-state index contributed by atoms with van der Waals surface area (Å²) in [4.78, 5) is 24.9. The first-order valence-corrected chi connectivity index (χ1v) is 13.3. The Balaban J connectivity index is 1.24. The Kier molecular flexibility index (Phi) is 7.70. The van der Waals surface area contributed by atoms with Crippen molar-refractivity contribution >= 4 is 29.4 Å². The molecular formula is C31H29ClN2O5. The van der Waals surface area contributed by atoms with Crippen LogP contribution in [-0.4, -0.2) is 30.4 Å². The number of nitrogens with one attached hydrogen (secondary N) is 1. The fraction of sp³-hybridized carbons (Fsp3) is 0.258. The molecule has 0 aliphatic heterocycles. The minimum absolute atomic E-state index is 0.140. The molecule has 8 heteroatoms. The van der Waals surface area contributed by atoms with Crippen LogP contribution in [0.3, 0.4) is 0 Å². The van der Waals surface area contributed by atoms with Gasteiger partial charge >= 0.3 is 12.1 Å². The Morgan fingerprint density at radius 3 is 2.28 bits per heavy atom. The summed E-state index contributed by atoms with van der Waals surface area (Å²) in [6.07, 6.45) is 1.61. The first-order valence-electron chi connectivity index (χ1n) is 12.9. The first-order chi connectivity index (χ1) is 18.9. The smallest absolute Gasteiger partial charge is 0.411 e. The van der Waals surface area contributed by atoms with Crippen LogP contribution in [0.2, 0.25) is 5.02 Å². The van der Waals surface area contributed by atoms with Crippen molar-refractivity contribution in [2.24, 2.45) is 0 Å². The maximum absolute atomic E-state index is 12.5. The van der Waals surface area contributed by atoms with Gasteiger partial charge in [-0.25, -0.2) is 4.79 Å². The van der Waals surface area contributed by atoms with E-state index in [1.54, 1.807) is 13.0 Å². The number of hydrogen-bond donors (Lipinski definition) is 1. The number of aryl methyl sites for hydroxylation is 1. The lowest BCUT2D eigenvalue weighted by molar-refractivity contribution is -0.146. The molecule has 0 bridgehead atoms. The van der Waals surface area contributed by atoms with Gasteiger partial charge in [-0.1, -0.05) is 77.4 Å². The van der Waals surface area contributed by atoms with Crippen molar-refractivity contribution in [3.8, 4) is 22.5 Å². The van der Waals surface area contributed by atoms with Crippen molar-refractivity contribution in [2.75, 3.05) is 18.5 Å². The maximum atomic E-state index is 12.5. The number of halogens is 1. The summed E-state index contributed by atoms with van der Waals surface area (Å²) in [5, 5.41) is 7.44. The summed E-state index contributed by atoms with van der Waals surface area (Å²) in [6.45, 7) is 4.18. The number of aromatic nitrogens is 1. The van der Waals surface area contributed by atoms with Crippen LogP contribution in [0.4, 0.5) is 10.5 Å². The topological polar surface area (TPSA) is 90.7 Å². The Morgan fingerprint density at radius 1 is 0.974 bits per heavy atom. The predicted octanol–water partition coefficient (Wildman–Crippen LogP) is 7.36. The number of anilines is 1. The average Bonchev–Trinajstić information content (AvgIpc) is 3.68. The lowest BCUT2D eigenvalue weighted by Gasteiger charge is -2.14. The van der Waals surface area contributed by atoms with Crippen LogP contribution in [0.5, 0.6) is 0 Å². The standard InChI is InChI=1S/C31H29ClN2O5/c1-3-37-29(35)31(16-17-31)25-13-11-23(12-14-25)22-7-9-24(10-8-22)28-27(20(2)34-39-28)33-30(36)38-18-15-21-5-4-6-26(32)19-21/h4-14,19H,3,15-18H2,1-2H3,(H,33,36). The Morgan fingerprint density at radius 2 is 1.64 bits per heavy atom. The van der Waals surface area contributed by atoms with Crippen LogP contribution in [0, 0.1) is 6.92 Å². The molecule has 1 N–H and O–H groups in total. The third kappa shape index (κ3) is 5.83. The number of carbonyl (C=O) groups is 2. The Bertz CT molecular complexity index is 1470. The van der Waals surface area contributed by atoms with Gasteiger partial charge in [0.05, 0.1) is 18.6 Å². The molecule has 1 aliphatic rings. The molecule has 7 nitrogen and oxygen atoms in total. The average molecular weight is 545 g/mol. The van der Waals surface area contributed by atoms with E-state index in [9.17, 15) is 9.59 Å². The van der Waals surface area contributed by atoms with E-state index in [4.69, 9.17) is 25.6 Å². The molecule has 0 spiro atoms. The summed E-state index contributed by atoms with van der Waals surface area (Å²) < 4.78 is 16.2. The lowest BCUT2D eigenvalue weighted by Crippen LogP contribution is -2.23. The number of ether oxygens (including phenoxy) is 2. The molecule has 1 aromatic heterocycles. The minimum Gasteiger partial charge on any atom is -0.465 e. The Labute approximate surface area is 232 Å². The molecule has 3 aromatic carbocycles. The van der Waals surface area contributed by atoms with Gasteiger partial charge in [0, 0.05) is 17.0 Å². The van der Waals surface area contributed by atoms with Gasteiger partial charge in [-0.3, -0.25) is 10.1 Å². The van der Waals surface area contributed by atoms with Crippen molar-refractivity contribution in [2.45, 2.75) is 38.5 Å². The van der Waals surface area contributed by atoms with Crippen LogP contribution in [-0.2, 0) is 26.1 Å². The van der Waals surface area contributed by atoms with Crippen molar-refractivity contribution in [3.05, 3.63) is 94.6 Å². The molecule has 1 aliphatic carbocycles. The summed E-state index contributed by atoms with van der Waals surface area (Å²) in [6, 6.07) is 23.3. The second-order valence-corrected chi connectivity index (χ2v) is 10.0. The van der Waals surface area contributed by atoms with Crippen LogP contribution >= 0.6 is 11.6 Å². The van der Waals surface area contributed by atoms with Gasteiger partial charge in [-0.05, 0) is 61.1 Å². The summed E-state index contributed by atoms with van der Waals surface area (Å²) in [5.74, 6) is 0.310. The molecule has 4 aromatic rings. The number of hydrogen-bond acceptors (Lipinski definition) is 6. The third-order valence-corrected chi connectivity index (χ3v) is 7.17. The SMILES string of the molecule is CCOC(=O)C1(c2ccc(-c3ccc(-c4onc(C)c4NC(=O)OCCc4cccc(Cl)c4)cc3)cc2)CC1. The molecule has 1 amide bonds. The van der Waals surface area contributed by atoms with E-state index in [1.807, 2.05) is 73.7 Å². The highest BCUT2D eigenvalue weighted by Crippen LogP contribution is 2.49. The zero-order valence-corrected chi connectivity index (χ0v) is 22.6. The van der Waals surface area contributed by atoms with Crippen LogP contribution < -0.4 is 5.32 Å². The molecule has 0 atom stereocenters. The monoisotopic (exact) mass is 544 g/mol. The summed E-state index contributed by atoms with van der Waals surface area (Å²) in [5.41, 5.74) is 5.32. The molecule has 39 heavy (non-hydrogen) atoms. The molecule has 0 unspecified atom stereocenters. The minimum atomic E-state index is -0.586. The molecule has 1 saturated carbocycles. The van der Waals surface area contributed by atoms with Gasteiger partial charge in [0.15, 0.2) is 5.76 Å². The summed E-state index contributed by atoms with van der Waals surface area (Å²) >= 11 is 6.01. The van der Waals surface area contributed by atoms with Gasteiger partial charge in [-0.2, -0.15) is 0 Å². The van der Waals surface area contributed by atoms with Crippen LogP contribution in [0.1, 0.15) is 36.6 Å². The van der Waals surface area contributed by atoms with E-state index in [0.29, 0.717) is 35.2 Å². The zero-order valence-electron chi connectivity index (χ0n) is 21.8. The van der Waals surface area contributed by atoms with Gasteiger partial charge in [-0.15, -0.1) is 0 Å². The van der Waals surface area contributed by atoms with Crippen LogP contribution in [0.25, 0.3) is 22.5 Å². The van der Waals surface area contributed by atoms with E-state index in [0.717, 1.165) is 40.7 Å². The molecule has 1 fully saturated rings. The van der Waals surface area contributed by atoms with E-state index >= 15 is 0 Å². The molecule has 5 rings (SSSR count). The van der Waals surface area contributed by atoms with E-state index in [-0.39, 0.29) is 12.6 Å². The number of esters is 1. The van der Waals surface area contributed by atoms with Crippen molar-refractivity contribution < 1.29 is 23.6 Å². The molecular weight excluding hydrogens is 516 g/mol. The maximum Gasteiger partial charge on any atom is 0.411 e. The fourth-order valence-corrected chi connectivity index (χ4v) is 4.82. The van der Waals surface area contributed by atoms with Gasteiger partial charge in [0.25, 0.3) is 0 Å². The summed E-state index contributed by atoms with van der Waals surface area (Å²) in [7, 11) is 0. The van der Waals surface area contributed by atoms with E-state index in [1.165, 1.54) is 0 Å². The van der Waals surface area contributed by atoms with Crippen molar-refractivity contribution in [3.63, 3.8) is 0 Å². The van der Waals surface area contributed by atoms with Gasteiger partial charge in [0.1, 0.15) is 11.4 Å². The second kappa shape index (κ2) is 11.3. The number of benzene rings is 3. The highest BCUT2D eigenvalue weighted by molar-refractivity contribution is 6.30. The zero-order chi connectivity index (χ0) is 27.4. The van der Waals surface area contributed by atoms with Crippen molar-refractivity contribution in [1.82, 2.24) is 5.16 Å². The van der Waals surface area contributed by atoms with Crippen molar-refractivity contribution in [1.29, 1.82) is 0 Å². The third-order valence-electron chi connectivity index (χ3n) is 6.94. The quantitative estimate of drug-likeness (QED) is 0.221. The van der Waals surface area contributed by atoms with Gasteiger partial charge < -0.3 is 14.0 Å². The largest absolute Gasteiger partial charge is 0.465 e. The van der Waals surface area contributed by atoms with Crippen LogP contribution in [0.15, 0.2) is 77.3 Å². The normalized spacial score (nSPS) is 13.5. The number of carbonyl (C=O) groups excluding carboxylic acids is 2. The number of amides is 1. The first kappa shape index (κ1) is 26.5. The molecule has 0 saturated heterocycles. The van der Waals surface area contributed by atoms with E-state index < -0.39 is 11.5 Å². The lowest BCUT2D eigenvalue weighted by atomic mass is 9.93. The van der Waals surface area contributed by atoms with Gasteiger partial charge in [0.2, 0.25) is 0 Å². The number of nitrogens with zero attached hydrogens (tertiary/aromatic N) is 1. The second-order valence-electron chi connectivity index (χ2n) is 9.57. The van der Waals surface area contributed by atoms with E-state index in [2.05, 4.69) is 10.5 Å². The Hall–Kier alpha value is -4.10.